The van der Waals surface area contributed by atoms with Crippen molar-refractivity contribution in [2.75, 3.05) is 5.75 Å². The van der Waals surface area contributed by atoms with Gasteiger partial charge >= 0.3 is 0 Å². The second-order valence-corrected chi connectivity index (χ2v) is 6.09. The summed E-state index contributed by atoms with van der Waals surface area (Å²) in [5.41, 5.74) is 4.50. The molecule has 3 heteroatoms. The van der Waals surface area contributed by atoms with Crippen molar-refractivity contribution in [3.8, 4) is 0 Å². The lowest BCUT2D eigenvalue weighted by Crippen LogP contribution is -2.38. The molecule has 1 aliphatic rings. The molecule has 0 saturated carbocycles. The SMILES string of the molecule is CC(C)SCC(NN)C1=CCCCCC1. The smallest absolute Gasteiger partial charge is 0.0510 e. The molecule has 0 bridgehead atoms. The van der Waals surface area contributed by atoms with Crippen LogP contribution in [0.25, 0.3) is 0 Å². The van der Waals surface area contributed by atoms with Gasteiger partial charge in [-0.15, -0.1) is 0 Å². The molecule has 1 atom stereocenters. The van der Waals surface area contributed by atoms with E-state index < -0.39 is 0 Å². The van der Waals surface area contributed by atoms with Crippen LogP contribution in [0.5, 0.6) is 0 Å². The third kappa shape index (κ3) is 5.05. The Kier molecular flexibility index (Phi) is 6.37. The van der Waals surface area contributed by atoms with Crippen molar-refractivity contribution in [1.82, 2.24) is 5.43 Å². The molecule has 3 N–H and O–H groups in total. The highest BCUT2D eigenvalue weighted by Crippen LogP contribution is 2.22. The Balaban J connectivity index is 2.44. The third-order valence-electron chi connectivity index (χ3n) is 2.82. The summed E-state index contributed by atoms with van der Waals surface area (Å²) in [7, 11) is 0. The lowest BCUT2D eigenvalue weighted by molar-refractivity contribution is 0.611. The van der Waals surface area contributed by atoms with Gasteiger partial charge in [-0.3, -0.25) is 11.3 Å². The van der Waals surface area contributed by atoms with E-state index in [1.165, 1.54) is 37.7 Å². The van der Waals surface area contributed by atoms with Gasteiger partial charge in [0.05, 0.1) is 6.04 Å². The largest absolute Gasteiger partial charge is 0.271 e. The van der Waals surface area contributed by atoms with E-state index in [0.717, 1.165) is 5.75 Å². The average Bonchev–Trinajstić information content (AvgIpc) is 2.47. The van der Waals surface area contributed by atoms with E-state index >= 15 is 0 Å². The Labute approximate surface area is 98.0 Å². The van der Waals surface area contributed by atoms with E-state index in [2.05, 4.69) is 25.3 Å². The fourth-order valence-corrected chi connectivity index (χ4v) is 2.79. The number of hydrogen-bond donors (Lipinski definition) is 2. The van der Waals surface area contributed by atoms with Crippen LogP contribution in [0.15, 0.2) is 11.6 Å². The van der Waals surface area contributed by atoms with Crippen LogP contribution in [0, 0.1) is 0 Å². The predicted molar refractivity (Wildman–Crippen MR) is 69.9 cm³/mol. The average molecular weight is 228 g/mol. The Morgan fingerprint density at radius 2 is 2.20 bits per heavy atom. The maximum atomic E-state index is 5.64. The van der Waals surface area contributed by atoms with Gasteiger partial charge in [0.2, 0.25) is 0 Å². The van der Waals surface area contributed by atoms with Crippen LogP contribution in [-0.4, -0.2) is 17.0 Å². The van der Waals surface area contributed by atoms with Gasteiger partial charge in [0, 0.05) is 5.75 Å². The van der Waals surface area contributed by atoms with Crippen LogP contribution in [0.4, 0.5) is 0 Å². The highest BCUT2D eigenvalue weighted by atomic mass is 32.2. The highest BCUT2D eigenvalue weighted by Gasteiger charge is 2.14. The molecule has 0 spiro atoms. The summed E-state index contributed by atoms with van der Waals surface area (Å²) >= 11 is 1.98. The normalized spacial score (nSPS) is 19.9. The van der Waals surface area contributed by atoms with Crippen molar-refractivity contribution >= 4 is 11.8 Å². The standard InChI is InChI=1S/C12H24N2S/c1-10(2)15-9-12(14-13)11-7-5-3-4-6-8-11/h7,10,12,14H,3-6,8-9,13H2,1-2H3. The monoisotopic (exact) mass is 228 g/mol. The maximum Gasteiger partial charge on any atom is 0.0510 e. The van der Waals surface area contributed by atoms with Crippen LogP contribution in [0.2, 0.25) is 0 Å². The van der Waals surface area contributed by atoms with E-state index in [4.69, 9.17) is 5.84 Å². The van der Waals surface area contributed by atoms with Crippen molar-refractivity contribution in [2.24, 2.45) is 5.84 Å². The zero-order valence-corrected chi connectivity index (χ0v) is 10.8. The van der Waals surface area contributed by atoms with Gasteiger partial charge < -0.3 is 0 Å². The number of thioether (sulfide) groups is 1. The molecule has 1 unspecified atom stereocenters. The molecule has 0 aromatic heterocycles. The Morgan fingerprint density at radius 3 is 2.87 bits per heavy atom. The van der Waals surface area contributed by atoms with Crippen molar-refractivity contribution in [2.45, 2.75) is 57.2 Å². The molecule has 0 heterocycles. The van der Waals surface area contributed by atoms with Crippen LogP contribution in [0.1, 0.15) is 46.0 Å². The van der Waals surface area contributed by atoms with Crippen molar-refractivity contribution in [3.05, 3.63) is 11.6 Å². The summed E-state index contributed by atoms with van der Waals surface area (Å²) < 4.78 is 0. The van der Waals surface area contributed by atoms with E-state index in [-0.39, 0.29) is 0 Å². The number of rotatable bonds is 5. The quantitative estimate of drug-likeness (QED) is 0.432. The molecule has 0 aliphatic heterocycles. The number of hydrogen-bond acceptors (Lipinski definition) is 3. The molecule has 1 rings (SSSR count). The molecule has 0 aromatic rings. The number of allylic oxidation sites excluding steroid dienone is 1. The third-order valence-corrected chi connectivity index (χ3v) is 4.01. The minimum absolute atomic E-state index is 0.385. The van der Waals surface area contributed by atoms with Crippen molar-refractivity contribution in [1.29, 1.82) is 0 Å². The lowest BCUT2D eigenvalue weighted by atomic mass is 10.0. The number of nitrogens with two attached hydrogens (primary N) is 1. The molecule has 0 aromatic carbocycles. The zero-order chi connectivity index (χ0) is 11.1. The molecule has 88 valence electrons. The summed E-state index contributed by atoms with van der Waals surface area (Å²) in [5.74, 6) is 6.73. The second-order valence-electron chi connectivity index (χ2n) is 4.48. The van der Waals surface area contributed by atoms with Crippen LogP contribution in [-0.2, 0) is 0 Å². The first kappa shape index (κ1) is 13.1. The summed E-state index contributed by atoms with van der Waals surface area (Å²) in [6.07, 6.45) is 8.91. The van der Waals surface area contributed by atoms with Crippen LogP contribution < -0.4 is 11.3 Å². The molecule has 0 fully saturated rings. The molecule has 0 saturated heterocycles. The molecule has 0 radical (unpaired) electrons. The number of nitrogens with one attached hydrogen (secondary N) is 1. The van der Waals surface area contributed by atoms with Gasteiger partial charge in [0.1, 0.15) is 0 Å². The molecule has 1 aliphatic carbocycles. The molecule has 15 heavy (non-hydrogen) atoms. The minimum Gasteiger partial charge on any atom is -0.271 e. The topological polar surface area (TPSA) is 38.0 Å². The summed E-state index contributed by atoms with van der Waals surface area (Å²) in [6, 6.07) is 0.385. The highest BCUT2D eigenvalue weighted by molar-refractivity contribution is 7.99. The first-order chi connectivity index (χ1) is 7.24. The van der Waals surface area contributed by atoms with Gasteiger partial charge in [-0.05, 0) is 30.9 Å². The molecular weight excluding hydrogens is 204 g/mol. The van der Waals surface area contributed by atoms with Gasteiger partial charge in [-0.2, -0.15) is 11.8 Å². The second kappa shape index (κ2) is 7.31. The lowest BCUT2D eigenvalue weighted by Gasteiger charge is -2.19. The van der Waals surface area contributed by atoms with Crippen molar-refractivity contribution < 1.29 is 0 Å². The zero-order valence-electron chi connectivity index (χ0n) is 9.96. The Bertz CT molecular complexity index is 202. The summed E-state index contributed by atoms with van der Waals surface area (Å²) in [6.45, 7) is 4.47. The molecule has 2 nitrogen and oxygen atoms in total. The minimum atomic E-state index is 0.385. The summed E-state index contributed by atoms with van der Waals surface area (Å²) in [4.78, 5) is 0. The van der Waals surface area contributed by atoms with E-state index in [9.17, 15) is 0 Å². The fourth-order valence-electron chi connectivity index (χ4n) is 1.91. The molecular formula is C12H24N2S. The van der Waals surface area contributed by atoms with Crippen LogP contribution >= 0.6 is 11.8 Å². The number of hydrazine groups is 1. The molecule has 0 amide bonds. The van der Waals surface area contributed by atoms with Gasteiger partial charge in [0.15, 0.2) is 0 Å². The van der Waals surface area contributed by atoms with Crippen molar-refractivity contribution in [3.63, 3.8) is 0 Å². The summed E-state index contributed by atoms with van der Waals surface area (Å²) in [5, 5.41) is 0.687. The Hall–Kier alpha value is 0.0100. The van der Waals surface area contributed by atoms with Gasteiger partial charge in [0.25, 0.3) is 0 Å². The van der Waals surface area contributed by atoms with Crippen LogP contribution in [0.3, 0.4) is 0 Å². The predicted octanol–water partition coefficient (Wildman–Crippen LogP) is 2.85. The van der Waals surface area contributed by atoms with Gasteiger partial charge in [-0.25, -0.2) is 0 Å². The van der Waals surface area contributed by atoms with Gasteiger partial charge in [-0.1, -0.05) is 31.9 Å². The maximum absolute atomic E-state index is 5.64. The first-order valence-corrected chi connectivity index (χ1v) is 7.05. The fraction of sp³-hybridized carbons (Fsp3) is 0.833. The first-order valence-electron chi connectivity index (χ1n) is 6.00. The van der Waals surface area contributed by atoms with E-state index in [0.29, 0.717) is 11.3 Å². The van der Waals surface area contributed by atoms with E-state index in [1.807, 2.05) is 11.8 Å². The Morgan fingerprint density at radius 1 is 1.40 bits per heavy atom. The van der Waals surface area contributed by atoms with E-state index in [1.54, 1.807) is 0 Å².